The first-order valence-corrected chi connectivity index (χ1v) is 12.4. The number of amides is 2. The number of hydrogen-bond donors (Lipinski definition) is 4. The van der Waals surface area contributed by atoms with Gasteiger partial charge < -0.3 is 20.7 Å². The third-order valence-electron chi connectivity index (χ3n) is 4.47. The molecule has 0 aromatic rings. The second kappa shape index (κ2) is 23.1. The Kier molecular flexibility index (Phi) is 20.8. The van der Waals surface area contributed by atoms with E-state index < -0.39 is 6.09 Å². The standard InChI is InChI=1S/C27H44N6O3/c1-4-5-6-7-8-9-10-11-12-13-14-15-16-17-18-19-20-21-24(34)30-22-23-36-27(35)32-25(28)31-26(29)33(2)3/h5-6,8-9,11-12,14-15,17-18H,4,7,10,13,16,19-23H2,1-3H3,(H,30,34)(H4,28,29,31,32,35)/b6-5-,9-8-,12-11-,15-14-,18-17-. The molecule has 200 valence electrons. The second-order valence-electron chi connectivity index (χ2n) is 7.93. The molecule has 0 aromatic carbocycles. The van der Waals surface area contributed by atoms with Gasteiger partial charge in [-0.2, -0.15) is 4.99 Å². The van der Waals surface area contributed by atoms with Gasteiger partial charge in [0.05, 0.1) is 6.54 Å². The summed E-state index contributed by atoms with van der Waals surface area (Å²) >= 11 is 0. The predicted octanol–water partition coefficient (Wildman–Crippen LogP) is 4.56. The van der Waals surface area contributed by atoms with E-state index in [2.05, 4.69) is 83.3 Å². The average Bonchev–Trinajstić information content (AvgIpc) is 2.83. The minimum atomic E-state index is -0.796. The smallest absolute Gasteiger partial charge is 0.414 e. The molecular formula is C27H44N6O3. The maximum atomic E-state index is 11.8. The molecule has 9 nitrogen and oxygen atoms in total. The maximum absolute atomic E-state index is 11.8. The Bertz CT molecular complexity index is 810. The van der Waals surface area contributed by atoms with Gasteiger partial charge in [-0.05, 0) is 44.9 Å². The van der Waals surface area contributed by atoms with Crippen molar-refractivity contribution in [2.45, 2.75) is 58.3 Å². The number of carbonyl (C=O) groups excluding carboxylic acids is 2. The minimum Gasteiger partial charge on any atom is -0.447 e. The highest BCUT2D eigenvalue weighted by molar-refractivity contribution is 5.99. The lowest BCUT2D eigenvalue weighted by atomic mass is 10.2. The molecule has 0 bridgehead atoms. The first-order chi connectivity index (χ1) is 17.4. The Morgan fingerprint density at radius 1 is 0.917 bits per heavy atom. The van der Waals surface area contributed by atoms with E-state index in [1.165, 1.54) is 4.90 Å². The van der Waals surface area contributed by atoms with E-state index in [0.29, 0.717) is 6.42 Å². The Morgan fingerprint density at radius 3 is 1.97 bits per heavy atom. The molecule has 0 aliphatic carbocycles. The second-order valence-corrected chi connectivity index (χ2v) is 7.93. The van der Waals surface area contributed by atoms with Crippen LogP contribution in [0.25, 0.3) is 0 Å². The number of rotatable bonds is 16. The molecule has 0 spiro atoms. The van der Waals surface area contributed by atoms with E-state index in [0.717, 1.165) is 44.9 Å². The monoisotopic (exact) mass is 500 g/mol. The molecule has 0 fully saturated rings. The van der Waals surface area contributed by atoms with Crippen molar-refractivity contribution in [3.8, 4) is 0 Å². The van der Waals surface area contributed by atoms with E-state index in [-0.39, 0.29) is 31.0 Å². The summed E-state index contributed by atoms with van der Waals surface area (Å²) in [5, 5.41) is 12.4. The van der Waals surface area contributed by atoms with E-state index in [9.17, 15) is 9.59 Å². The van der Waals surface area contributed by atoms with Crippen LogP contribution in [0.3, 0.4) is 0 Å². The van der Waals surface area contributed by atoms with Crippen LogP contribution in [0.2, 0.25) is 0 Å². The fourth-order valence-corrected chi connectivity index (χ4v) is 2.55. The van der Waals surface area contributed by atoms with Crippen molar-refractivity contribution in [2.24, 2.45) is 10.7 Å². The quantitative estimate of drug-likeness (QED) is 0.107. The predicted molar refractivity (Wildman–Crippen MR) is 149 cm³/mol. The van der Waals surface area contributed by atoms with Gasteiger partial charge in [-0.25, -0.2) is 4.79 Å². The van der Waals surface area contributed by atoms with Crippen LogP contribution in [0.5, 0.6) is 0 Å². The number of allylic oxidation sites excluding steroid dienone is 10. The molecular weight excluding hydrogens is 456 g/mol. The van der Waals surface area contributed by atoms with Crippen LogP contribution >= 0.6 is 0 Å². The summed E-state index contributed by atoms with van der Waals surface area (Å²) < 4.78 is 4.91. The first kappa shape index (κ1) is 32.4. The summed E-state index contributed by atoms with van der Waals surface area (Å²) in [5.74, 6) is -0.436. The molecule has 0 saturated carbocycles. The Morgan fingerprint density at radius 2 is 1.44 bits per heavy atom. The van der Waals surface area contributed by atoms with Gasteiger partial charge in [0.1, 0.15) is 6.61 Å². The number of ether oxygens (including phenoxy) is 1. The zero-order chi connectivity index (χ0) is 26.9. The fraction of sp³-hybridized carbons (Fsp3) is 0.481. The topological polar surface area (TPSA) is 133 Å². The van der Waals surface area contributed by atoms with Crippen LogP contribution in [-0.2, 0) is 9.53 Å². The van der Waals surface area contributed by atoms with Gasteiger partial charge in [-0.3, -0.25) is 15.5 Å². The molecule has 0 aliphatic heterocycles. The van der Waals surface area contributed by atoms with Crippen molar-refractivity contribution >= 4 is 23.9 Å². The summed E-state index contributed by atoms with van der Waals surface area (Å²) in [5.41, 5.74) is 5.51. The molecule has 36 heavy (non-hydrogen) atoms. The van der Waals surface area contributed by atoms with Gasteiger partial charge in [-0.1, -0.05) is 67.7 Å². The van der Waals surface area contributed by atoms with E-state index >= 15 is 0 Å². The van der Waals surface area contributed by atoms with Crippen LogP contribution in [0.4, 0.5) is 4.79 Å². The number of nitrogens with one attached hydrogen (secondary N) is 3. The Balaban J connectivity index is 3.72. The van der Waals surface area contributed by atoms with E-state index in [4.69, 9.17) is 15.9 Å². The van der Waals surface area contributed by atoms with E-state index in [1.54, 1.807) is 14.1 Å². The number of nitrogens with two attached hydrogens (primary N) is 1. The SMILES string of the molecule is CC/C=C\C/C=C\C/C=C\C/C=C\C/C=C\CCCC(=O)NCCOC(=O)NC(N)=NC(=N)N(C)C. The summed E-state index contributed by atoms with van der Waals surface area (Å²) in [6.45, 7) is 2.35. The molecule has 0 aliphatic rings. The summed E-state index contributed by atoms with van der Waals surface area (Å²) in [7, 11) is 3.26. The highest BCUT2D eigenvalue weighted by Crippen LogP contribution is 1.99. The average molecular weight is 501 g/mol. The molecule has 0 atom stereocenters. The van der Waals surface area contributed by atoms with Crippen molar-refractivity contribution in [1.82, 2.24) is 15.5 Å². The lowest BCUT2D eigenvalue weighted by molar-refractivity contribution is -0.121. The summed E-state index contributed by atoms with van der Waals surface area (Å²) in [4.78, 5) is 28.5. The number of alkyl carbamates (subject to hydrolysis) is 1. The van der Waals surface area contributed by atoms with Gasteiger partial charge in [0.15, 0.2) is 0 Å². The normalized spacial score (nSPS) is 12.4. The molecule has 2 amide bonds. The van der Waals surface area contributed by atoms with Crippen LogP contribution in [0, 0.1) is 5.41 Å². The largest absolute Gasteiger partial charge is 0.447 e. The number of carbonyl (C=O) groups is 2. The van der Waals surface area contributed by atoms with Crippen molar-refractivity contribution in [1.29, 1.82) is 5.41 Å². The molecule has 0 unspecified atom stereocenters. The zero-order valence-electron chi connectivity index (χ0n) is 22.0. The Labute approximate surface area is 216 Å². The van der Waals surface area contributed by atoms with Crippen molar-refractivity contribution < 1.29 is 14.3 Å². The number of nitrogens with zero attached hydrogens (tertiary/aromatic N) is 2. The molecule has 0 radical (unpaired) electrons. The molecule has 0 saturated heterocycles. The van der Waals surface area contributed by atoms with Crippen molar-refractivity contribution in [2.75, 3.05) is 27.2 Å². The van der Waals surface area contributed by atoms with Gasteiger partial charge in [-0.15, -0.1) is 0 Å². The number of hydrogen-bond acceptors (Lipinski definition) is 4. The zero-order valence-corrected chi connectivity index (χ0v) is 22.0. The minimum absolute atomic E-state index is 0.00471. The van der Waals surface area contributed by atoms with Gasteiger partial charge >= 0.3 is 6.09 Å². The fourth-order valence-electron chi connectivity index (χ4n) is 2.55. The lowest BCUT2D eigenvalue weighted by Gasteiger charge is -2.10. The third-order valence-corrected chi connectivity index (χ3v) is 4.47. The van der Waals surface area contributed by atoms with Crippen molar-refractivity contribution in [3.63, 3.8) is 0 Å². The molecule has 9 heteroatoms. The summed E-state index contributed by atoms with van der Waals surface area (Å²) in [6, 6.07) is 0. The van der Waals surface area contributed by atoms with Gasteiger partial charge in [0.2, 0.25) is 17.8 Å². The molecule has 0 rings (SSSR count). The third kappa shape index (κ3) is 22.2. The maximum Gasteiger partial charge on any atom is 0.414 e. The highest BCUT2D eigenvalue weighted by Gasteiger charge is 2.06. The van der Waals surface area contributed by atoms with Crippen LogP contribution < -0.4 is 16.4 Å². The highest BCUT2D eigenvalue weighted by atomic mass is 16.5. The Hall–Kier alpha value is -3.62. The van der Waals surface area contributed by atoms with Gasteiger partial charge in [0, 0.05) is 20.5 Å². The lowest BCUT2D eigenvalue weighted by Crippen LogP contribution is -2.39. The van der Waals surface area contributed by atoms with Gasteiger partial charge in [0.25, 0.3) is 0 Å². The van der Waals surface area contributed by atoms with Crippen LogP contribution in [-0.4, -0.2) is 56.1 Å². The van der Waals surface area contributed by atoms with E-state index in [1.807, 2.05) is 0 Å². The number of aliphatic imine (C=N–C) groups is 1. The molecule has 0 heterocycles. The molecule has 5 N–H and O–H groups in total. The van der Waals surface area contributed by atoms with Crippen LogP contribution in [0.15, 0.2) is 65.8 Å². The molecule has 0 aromatic heterocycles. The number of unbranched alkanes of at least 4 members (excludes halogenated alkanes) is 1. The van der Waals surface area contributed by atoms with Crippen LogP contribution in [0.1, 0.15) is 58.3 Å². The summed E-state index contributed by atoms with van der Waals surface area (Å²) in [6.07, 6.45) is 27.7. The van der Waals surface area contributed by atoms with Crippen molar-refractivity contribution in [3.05, 3.63) is 60.8 Å². The first-order valence-electron chi connectivity index (χ1n) is 12.4. The number of guanidine groups is 2.